The molecule has 1 aromatic carbocycles. The van der Waals surface area contributed by atoms with Gasteiger partial charge in [-0.3, -0.25) is 0 Å². The van der Waals surface area contributed by atoms with Gasteiger partial charge >= 0.3 is 0 Å². The molecule has 0 aliphatic rings. The van der Waals surface area contributed by atoms with E-state index >= 15 is 0 Å². The predicted molar refractivity (Wildman–Crippen MR) is 88.3 cm³/mol. The SMILES string of the molecule is CCCc1c(-c2ccc(Br)cc2Br)sc(C#N)c1N. The van der Waals surface area contributed by atoms with Gasteiger partial charge in [0, 0.05) is 19.4 Å². The Kier molecular flexibility index (Phi) is 4.67. The summed E-state index contributed by atoms with van der Waals surface area (Å²) >= 11 is 8.49. The van der Waals surface area contributed by atoms with Crippen LogP contribution >= 0.6 is 43.2 Å². The van der Waals surface area contributed by atoms with Gasteiger partial charge in [-0.1, -0.05) is 51.3 Å². The molecule has 2 rings (SSSR count). The first-order valence-electron chi connectivity index (χ1n) is 5.85. The molecular weight excluding hydrogens is 388 g/mol. The van der Waals surface area contributed by atoms with E-state index in [0.717, 1.165) is 37.8 Å². The maximum atomic E-state index is 9.15. The second-order valence-corrected chi connectivity index (χ2v) is 6.93. The summed E-state index contributed by atoms with van der Waals surface area (Å²) in [5.41, 5.74) is 8.90. The topological polar surface area (TPSA) is 49.8 Å². The number of nitrogens with zero attached hydrogens (tertiary/aromatic N) is 1. The first-order chi connectivity index (χ1) is 9.08. The molecular formula is C14H12Br2N2S. The van der Waals surface area contributed by atoms with Gasteiger partial charge in [-0.2, -0.15) is 5.26 Å². The third-order valence-corrected chi connectivity index (χ3v) is 5.16. The maximum Gasteiger partial charge on any atom is 0.128 e. The van der Waals surface area contributed by atoms with Crippen molar-refractivity contribution in [2.75, 3.05) is 5.73 Å². The Morgan fingerprint density at radius 2 is 2.11 bits per heavy atom. The zero-order chi connectivity index (χ0) is 14.0. The molecule has 0 saturated heterocycles. The summed E-state index contributed by atoms with van der Waals surface area (Å²) in [5, 5.41) is 9.15. The largest absolute Gasteiger partial charge is 0.397 e. The van der Waals surface area contributed by atoms with Crippen molar-refractivity contribution in [3.8, 4) is 16.5 Å². The fourth-order valence-corrected chi connectivity index (χ4v) is 4.43. The van der Waals surface area contributed by atoms with Crippen LogP contribution in [0, 0.1) is 11.3 Å². The number of hydrogen-bond acceptors (Lipinski definition) is 3. The molecule has 0 radical (unpaired) electrons. The number of halogens is 2. The average molecular weight is 400 g/mol. The minimum absolute atomic E-state index is 0.605. The Morgan fingerprint density at radius 1 is 1.37 bits per heavy atom. The van der Waals surface area contributed by atoms with Crippen LogP contribution in [0.3, 0.4) is 0 Å². The second kappa shape index (κ2) is 6.08. The molecule has 0 atom stereocenters. The summed E-state index contributed by atoms with van der Waals surface area (Å²) in [7, 11) is 0. The van der Waals surface area contributed by atoms with Gasteiger partial charge < -0.3 is 5.73 Å². The van der Waals surface area contributed by atoms with E-state index in [1.165, 1.54) is 11.3 Å². The molecule has 1 aromatic heterocycles. The lowest BCUT2D eigenvalue weighted by Crippen LogP contribution is -1.93. The highest BCUT2D eigenvalue weighted by molar-refractivity contribution is 9.11. The number of nitriles is 1. The van der Waals surface area contributed by atoms with E-state index < -0.39 is 0 Å². The van der Waals surface area contributed by atoms with Gasteiger partial charge in [0.2, 0.25) is 0 Å². The molecule has 0 aliphatic heterocycles. The third kappa shape index (κ3) is 2.86. The van der Waals surface area contributed by atoms with E-state index in [1.54, 1.807) is 0 Å². The van der Waals surface area contributed by atoms with Crippen molar-refractivity contribution in [2.24, 2.45) is 0 Å². The number of hydrogen-bond donors (Lipinski definition) is 1. The lowest BCUT2D eigenvalue weighted by atomic mass is 10.0. The molecule has 0 aliphatic carbocycles. The van der Waals surface area contributed by atoms with Gasteiger partial charge in [0.15, 0.2) is 0 Å². The standard InChI is InChI=1S/C14H12Br2N2S/c1-2-3-10-13(18)12(7-17)19-14(10)9-5-4-8(15)6-11(9)16/h4-6H,2-3,18H2,1H3. The van der Waals surface area contributed by atoms with Crippen molar-refractivity contribution in [1.82, 2.24) is 0 Å². The highest BCUT2D eigenvalue weighted by atomic mass is 79.9. The minimum atomic E-state index is 0.605. The molecule has 0 amide bonds. The lowest BCUT2D eigenvalue weighted by molar-refractivity contribution is 0.930. The molecule has 5 heteroatoms. The molecule has 2 nitrogen and oxygen atoms in total. The van der Waals surface area contributed by atoms with Gasteiger partial charge in [-0.25, -0.2) is 0 Å². The quantitative estimate of drug-likeness (QED) is 0.756. The Morgan fingerprint density at radius 3 is 2.68 bits per heavy atom. The van der Waals surface area contributed by atoms with E-state index in [1.807, 2.05) is 18.2 Å². The summed E-state index contributed by atoms with van der Waals surface area (Å²) in [6.45, 7) is 2.11. The van der Waals surface area contributed by atoms with Crippen LogP contribution in [-0.2, 0) is 6.42 Å². The van der Waals surface area contributed by atoms with Crippen LogP contribution in [-0.4, -0.2) is 0 Å². The normalized spacial score (nSPS) is 10.4. The molecule has 0 saturated carbocycles. The predicted octanol–water partition coefficient (Wildman–Crippen LogP) is 5.35. The van der Waals surface area contributed by atoms with Crippen molar-refractivity contribution in [3.63, 3.8) is 0 Å². The number of thiophene rings is 1. The highest BCUT2D eigenvalue weighted by Crippen LogP contribution is 2.42. The molecule has 1 heterocycles. The van der Waals surface area contributed by atoms with Gasteiger partial charge in [0.1, 0.15) is 10.9 Å². The zero-order valence-corrected chi connectivity index (χ0v) is 14.3. The van der Waals surface area contributed by atoms with Crippen molar-refractivity contribution < 1.29 is 0 Å². The lowest BCUT2D eigenvalue weighted by Gasteiger charge is -2.07. The molecule has 0 fully saturated rings. The van der Waals surface area contributed by atoms with E-state index in [9.17, 15) is 0 Å². The Labute approximate surface area is 133 Å². The van der Waals surface area contributed by atoms with Crippen LogP contribution in [0.1, 0.15) is 23.8 Å². The van der Waals surface area contributed by atoms with Crippen molar-refractivity contribution in [1.29, 1.82) is 5.26 Å². The van der Waals surface area contributed by atoms with E-state index in [2.05, 4.69) is 44.9 Å². The van der Waals surface area contributed by atoms with E-state index in [0.29, 0.717) is 10.6 Å². The summed E-state index contributed by atoms with van der Waals surface area (Å²) in [6.07, 6.45) is 1.90. The molecule has 0 unspecified atom stereocenters. The van der Waals surface area contributed by atoms with Crippen LogP contribution < -0.4 is 5.73 Å². The van der Waals surface area contributed by atoms with Crippen LogP contribution in [0.15, 0.2) is 27.1 Å². The monoisotopic (exact) mass is 398 g/mol. The maximum absolute atomic E-state index is 9.15. The average Bonchev–Trinajstić information content (AvgIpc) is 2.68. The van der Waals surface area contributed by atoms with Crippen LogP contribution in [0.5, 0.6) is 0 Å². The summed E-state index contributed by atoms with van der Waals surface area (Å²) in [6, 6.07) is 8.23. The molecule has 0 bridgehead atoms. The minimum Gasteiger partial charge on any atom is -0.397 e. The van der Waals surface area contributed by atoms with Crippen molar-refractivity contribution in [2.45, 2.75) is 19.8 Å². The Balaban J connectivity index is 2.64. The number of benzene rings is 1. The van der Waals surface area contributed by atoms with Gasteiger partial charge in [0.05, 0.1) is 5.69 Å². The second-order valence-electron chi connectivity index (χ2n) is 4.14. The number of nitrogen functional groups attached to an aromatic ring is 1. The van der Waals surface area contributed by atoms with Gasteiger partial charge in [-0.15, -0.1) is 11.3 Å². The smallest absolute Gasteiger partial charge is 0.128 e. The highest BCUT2D eigenvalue weighted by Gasteiger charge is 2.18. The molecule has 19 heavy (non-hydrogen) atoms. The molecule has 2 N–H and O–H groups in total. The molecule has 98 valence electrons. The summed E-state index contributed by atoms with van der Waals surface area (Å²) in [4.78, 5) is 1.70. The van der Waals surface area contributed by atoms with E-state index in [-0.39, 0.29) is 0 Å². The van der Waals surface area contributed by atoms with Crippen molar-refractivity contribution in [3.05, 3.63) is 37.6 Å². The summed E-state index contributed by atoms with van der Waals surface area (Å²) < 4.78 is 2.02. The van der Waals surface area contributed by atoms with Crippen LogP contribution in [0.2, 0.25) is 0 Å². The fourth-order valence-electron chi connectivity index (χ4n) is 1.95. The number of rotatable bonds is 3. The van der Waals surface area contributed by atoms with Gasteiger partial charge in [0.25, 0.3) is 0 Å². The Hall–Kier alpha value is -0.830. The first-order valence-corrected chi connectivity index (χ1v) is 8.25. The zero-order valence-electron chi connectivity index (χ0n) is 10.3. The van der Waals surface area contributed by atoms with Gasteiger partial charge in [-0.05, 0) is 24.1 Å². The molecule has 2 aromatic rings. The van der Waals surface area contributed by atoms with Crippen LogP contribution in [0.25, 0.3) is 10.4 Å². The van der Waals surface area contributed by atoms with E-state index in [4.69, 9.17) is 11.0 Å². The third-order valence-electron chi connectivity index (χ3n) is 2.83. The summed E-state index contributed by atoms with van der Waals surface area (Å²) in [5.74, 6) is 0. The number of anilines is 1. The fraction of sp³-hybridized carbons (Fsp3) is 0.214. The molecule has 0 spiro atoms. The number of nitrogens with two attached hydrogens (primary N) is 1. The van der Waals surface area contributed by atoms with Crippen molar-refractivity contribution >= 4 is 48.9 Å². The van der Waals surface area contributed by atoms with Crippen LogP contribution in [0.4, 0.5) is 5.69 Å². The Bertz CT molecular complexity index is 656. The first kappa shape index (κ1) is 14.6.